The number of carbonyl (C=O) groups is 2. The molecule has 2 N–H and O–H groups in total. The molecule has 132 valence electrons. The van der Waals surface area contributed by atoms with E-state index in [9.17, 15) is 14.0 Å². The molecular weight excluding hydrogens is 337 g/mol. The van der Waals surface area contributed by atoms with Crippen molar-refractivity contribution < 1.29 is 14.0 Å². The van der Waals surface area contributed by atoms with Gasteiger partial charge in [-0.05, 0) is 36.8 Å². The van der Waals surface area contributed by atoms with Gasteiger partial charge in [-0.2, -0.15) is 5.10 Å². The topological polar surface area (TPSA) is 88.9 Å². The number of benzene rings is 1. The Labute approximate surface area is 148 Å². The quantitative estimate of drug-likeness (QED) is 0.705. The lowest BCUT2D eigenvalue weighted by atomic mass is 10.2. The number of nitrogens with one attached hydrogen (secondary N) is 2. The van der Waals surface area contributed by atoms with Crippen molar-refractivity contribution in [3.8, 4) is 0 Å². The number of carbonyl (C=O) groups excluding carboxylic acids is 2. The molecule has 0 bridgehead atoms. The van der Waals surface area contributed by atoms with Gasteiger partial charge in [-0.15, -0.1) is 0 Å². The summed E-state index contributed by atoms with van der Waals surface area (Å²) in [5.41, 5.74) is 1.40. The van der Waals surface area contributed by atoms with E-state index in [0.717, 1.165) is 5.69 Å². The molecule has 2 heterocycles. The van der Waals surface area contributed by atoms with Crippen molar-refractivity contribution in [1.82, 2.24) is 14.8 Å². The van der Waals surface area contributed by atoms with Crippen molar-refractivity contribution in [3.63, 3.8) is 0 Å². The van der Waals surface area contributed by atoms with E-state index in [1.54, 1.807) is 31.3 Å². The summed E-state index contributed by atoms with van der Waals surface area (Å²) in [5, 5.41) is 8.81. The molecule has 3 rings (SSSR count). The van der Waals surface area contributed by atoms with Gasteiger partial charge in [0.1, 0.15) is 11.6 Å². The van der Waals surface area contributed by atoms with Crippen LogP contribution < -0.4 is 10.6 Å². The first kappa shape index (κ1) is 17.3. The molecule has 0 radical (unpaired) electrons. The first-order valence-electron chi connectivity index (χ1n) is 7.83. The standard InChI is InChI=1S/C18H16FN5O2/c1-12-5-6-15(14(19)10-12)22-17(25)18(26)23-16-7-9-21-24(16)11-13-4-2-3-8-20-13/h2-10H,11H2,1H3,(H,22,25)(H,23,26). The van der Waals surface area contributed by atoms with Crippen LogP contribution in [0.1, 0.15) is 11.3 Å². The van der Waals surface area contributed by atoms with Gasteiger partial charge in [0, 0.05) is 12.3 Å². The Bertz CT molecular complexity index is 940. The number of halogens is 1. The summed E-state index contributed by atoms with van der Waals surface area (Å²) in [5.74, 6) is -2.17. The SMILES string of the molecule is Cc1ccc(NC(=O)C(=O)Nc2ccnn2Cc2ccccn2)c(F)c1. The highest BCUT2D eigenvalue weighted by molar-refractivity contribution is 6.43. The zero-order valence-corrected chi connectivity index (χ0v) is 13.9. The van der Waals surface area contributed by atoms with Crippen LogP contribution in [0.5, 0.6) is 0 Å². The summed E-state index contributed by atoms with van der Waals surface area (Å²) in [7, 11) is 0. The highest BCUT2D eigenvalue weighted by Gasteiger charge is 2.17. The second-order valence-corrected chi connectivity index (χ2v) is 5.59. The van der Waals surface area contributed by atoms with E-state index >= 15 is 0 Å². The molecule has 0 fully saturated rings. The first-order valence-corrected chi connectivity index (χ1v) is 7.83. The Morgan fingerprint density at radius 1 is 1.08 bits per heavy atom. The van der Waals surface area contributed by atoms with Crippen LogP contribution in [0.3, 0.4) is 0 Å². The Morgan fingerprint density at radius 3 is 2.62 bits per heavy atom. The lowest BCUT2D eigenvalue weighted by Gasteiger charge is -2.09. The molecule has 26 heavy (non-hydrogen) atoms. The van der Waals surface area contributed by atoms with Gasteiger partial charge in [0.15, 0.2) is 0 Å². The van der Waals surface area contributed by atoms with Crippen LogP contribution in [0.4, 0.5) is 15.9 Å². The Hall–Kier alpha value is -3.55. The van der Waals surface area contributed by atoms with Gasteiger partial charge >= 0.3 is 11.8 Å². The van der Waals surface area contributed by atoms with Gasteiger partial charge in [0.05, 0.1) is 24.1 Å². The third-order valence-electron chi connectivity index (χ3n) is 3.58. The van der Waals surface area contributed by atoms with Crippen molar-refractivity contribution in [2.75, 3.05) is 10.6 Å². The highest BCUT2D eigenvalue weighted by Crippen LogP contribution is 2.15. The van der Waals surface area contributed by atoms with Crippen LogP contribution in [0.15, 0.2) is 54.9 Å². The molecule has 2 amide bonds. The smallest absolute Gasteiger partial charge is 0.315 e. The molecule has 0 saturated carbocycles. The highest BCUT2D eigenvalue weighted by atomic mass is 19.1. The zero-order chi connectivity index (χ0) is 18.5. The maximum atomic E-state index is 13.8. The van der Waals surface area contributed by atoms with Crippen molar-refractivity contribution >= 4 is 23.3 Å². The van der Waals surface area contributed by atoms with Crippen LogP contribution in [-0.2, 0) is 16.1 Å². The lowest BCUT2D eigenvalue weighted by Crippen LogP contribution is -2.30. The van der Waals surface area contributed by atoms with Gasteiger partial charge in [0.25, 0.3) is 0 Å². The Kier molecular flexibility index (Phi) is 5.02. The molecule has 0 atom stereocenters. The molecule has 0 unspecified atom stereocenters. The first-order chi connectivity index (χ1) is 12.5. The van der Waals surface area contributed by atoms with Crippen molar-refractivity contribution in [2.45, 2.75) is 13.5 Å². The Morgan fingerprint density at radius 2 is 1.88 bits per heavy atom. The monoisotopic (exact) mass is 353 g/mol. The fourth-order valence-electron chi connectivity index (χ4n) is 2.28. The summed E-state index contributed by atoms with van der Waals surface area (Å²) in [4.78, 5) is 28.3. The summed E-state index contributed by atoms with van der Waals surface area (Å²) < 4.78 is 15.3. The number of anilines is 2. The van der Waals surface area contributed by atoms with Crippen LogP contribution in [0, 0.1) is 12.7 Å². The van der Waals surface area contributed by atoms with Crippen LogP contribution >= 0.6 is 0 Å². The molecule has 0 aliphatic rings. The van der Waals surface area contributed by atoms with E-state index < -0.39 is 17.6 Å². The van der Waals surface area contributed by atoms with Crippen LogP contribution in [-0.4, -0.2) is 26.6 Å². The number of rotatable bonds is 4. The maximum absolute atomic E-state index is 13.8. The van der Waals surface area contributed by atoms with Gasteiger partial charge in [-0.3, -0.25) is 14.6 Å². The third kappa shape index (κ3) is 4.10. The van der Waals surface area contributed by atoms with E-state index in [1.807, 2.05) is 12.1 Å². The predicted octanol–water partition coefficient (Wildman–Crippen LogP) is 2.35. The van der Waals surface area contributed by atoms with Gasteiger partial charge in [-0.1, -0.05) is 12.1 Å². The summed E-state index contributed by atoms with van der Waals surface area (Å²) >= 11 is 0. The third-order valence-corrected chi connectivity index (χ3v) is 3.58. The molecule has 1 aromatic carbocycles. The molecular formula is C18H16FN5O2. The van der Waals surface area contributed by atoms with E-state index in [-0.39, 0.29) is 5.69 Å². The van der Waals surface area contributed by atoms with E-state index in [2.05, 4.69) is 20.7 Å². The maximum Gasteiger partial charge on any atom is 0.315 e. The number of aryl methyl sites for hydroxylation is 1. The van der Waals surface area contributed by atoms with Crippen molar-refractivity contribution in [1.29, 1.82) is 0 Å². The summed E-state index contributed by atoms with van der Waals surface area (Å²) in [6.45, 7) is 2.06. The van der Waals surface area contributed by atoms with Gasteiger partial charge in [-0.25, -0.2) is 9.07 Å². The largest absolute Gasteiger partial charge is 0.315 e. The second-order valence-electron chi connectivity index (χ2n) is 5.59. The molecule has 0 aliphatic carbocycles. The van der Waals surface area contributed by atoms with E-state index in [1.165, 1.54) is 23.0 Å². The number of amides is 2. The number of pyridine rings is 1. The minimum absolute atomic E-state index is 0.0576. The second kappa shape index (κ2) is 7.56. The summed E-state index contributed by atoms with van der Waals surface area (Å²) in [6.07, 6.45) is 3.15. The molecule has 0 saturated heterocycles. The molecule has 0 spiro atoms. The molecule has 8 heteroatoms. The minimum Gasteiger partial charge on any atom is -0.315 e. The van der Waals surface area contributed by atoms with Gasteiger partial charge in [0.2, 0.25) is 0 Å². The molecule has 7 nitrogen and oxygen atoms in total. The van der Waals surface area contributed by atoms with Crippen LogP contribution in [0.25, 0.3) is 0 Å². The zero-order valence-electron chi connectivity index (χ0n) is 13.9. The number of aromatic nitrogens is 3. The van der Waals surface area contributed by atoms with Gasteiger partial charge < -0.3 is 10.6 Å². The summed E-state index contributed by atoms with van der Waals surface area (Å²) in [6, 6.07) is 11.3. The minimum atomic E-state index is -0.974. The van der Waals surface area contributed by atoms with Crippen LogP contribution in [0.2, 0.25) is 0 Å². The Balaban J connectivity index is 1.66. The van der Waals surface area contributed by atoms with E-state index in [0.29, 0.717) is 17.9 Å². The average molecular weight is 353 g/mol. The van der Waals surface area contributed by atoms with Crippen molar-refractivity contribution in [3.05, 3.63) is 71.9 Å². The number of nitrogens with zero attached hydrogens (tertiary/aromatic N) is 3. The van der Waals surface area contributed by atoms with E-state index in [4.69, 9.17) is 0 Å². The molecule has 0 aliphatic heterocycles. The predicted molar refractivity (Wildman–Crippen MR) is 94.0 cm³/mol. The normalized spacial score (nSPS) is 10.4. The number of hydrogen-bond acceptors (Lipinski definition) is 4. The molecule has 2 aromatic heterocycles. The number of hydrogen-bond donors (Lipinski definition) is 2. The fraction of sp³-hybridized carbons (Fsp3) is 0.111. The average Bonchev–Trinajstić information content (AvgIpc) is 3.05. The lowest BCUT2D eigenvalue weighted by molar-refractivity contribution is -0.133. The van der Waals surface area contributed by atoms with Crippen molar-refractivity contribution in [2.24, 2.45) is 0 Å². The molecule has 3 aromatic rings. The fourth-order valence-corrected chi connectivity index (χ4v) is 2.28.